The molecule has 21 heavy (non-hydrogen) atoms. The number of benzene rings is 1. The molecule has 0 fully saturated rings. The fourth-order valence-corrected chi connectivity index (χ4v) is 2.72. The average Bonchev–Trinajstić information content (AvgIpc) is 2.50. The molecule has 1 aliphatic rings. The van der Waals surface area contributed by atoms with E-state index in [1.165, 1.54) is 11.3 Å². The molecule has 0 radical (unpaired) electrons. The Morgan fingerprint density at radius 2 is 2.29 bits per heavy atom. The summed E-state index contributed by atoms with van der Waals surface area (Å²) in [6, 6.07) is 6.11. The van der Waals surface area contributed by atoms with E-state index in [0.29, 0.717) is 13.0 Å². The Hall–Kier alpha value is -1.55. The van der Waals surface area contributed by atoms with E-state index in [4.69, 9.17) is 4.74 Å². The van der Waals surface area contributed by atoms with Gasteiger partial charge in [0, 0.05) is 25.7 Å². The van der Waals surface area contributed by atoms with Crippen molar-refractivity contribution in [2.24, 2.45) is 0 Å². The van der Waals surface area contributed by atoms with Gasteiger partial charge >= 0.3 is 5.97 Å². The lowest BCUT2D eigenvalue weighted by molar-refractivity contribution is -0.144. The van der Waals surface area contributed by atoms with Gasteiger partial charge in [0.2, 0.25) is 0 Å². The lowest BCUT2D eigenvalue weighted by atomic mass is 9.96. The van der Waals surface area contributed by atoms with Gasteiger partial charge in [0.05, 0.1) is 12.7 Å². The van der Waals surface area contributed by atoms with Gasteiger partial charge in [-0.3, -0.25) is 4.79 Å². The predicted molar refractivity (Wildman–Crippen MR) is 83.5 cm³/mol. The number of hydrogen-bond donors (Lipinski definition) is 1. The van der Waals surface area contributed by atoms with Crippen molar-refractivity contribution >= 4 is 11.7 Å². The standard InChI is InChI=1S/C17H25NO3/c1-3-11-21-17(20)9-8-16(19)14-6-7-15-13(12-14)5-4-10-18(15)2/h6-7,12,16,19H,3-5,8-11H2,1-2H3. The molecule has 116 valence electrons. The minimum Gasteiger partial charge on any atom is -0.466 e. The van der Waals surface area contributed by atoms with E-state index < -0.39 is 6.10 Å². The van der Waals surface area contributed by atoms with Gasteiger partial charge in [-0.25, -0.2) is 0 Å². The summed E-state index contributed by atoms with van der Waals surface area (Å²) in [5.74, 6) is -0.228. The van der Waals surface area contributed by atoms with Crippen molar-refractivity contribution in [3.63, 3.8) is 0 Å². The molecule has 1 aliphatic heterocycles. The third-order valence-electron chi connectivity index (χ3n) is 3.93. The number of carbonyl (C=O) groups is 1. The van der Waals surface area contributed by atoms with Crippen LogP contribution >= 0.6 is 0 Å². The Bertz CT molecular complexity index is 487. The molecule has 1 aromatic rings. The van der Waals surface area contributed by atoms with Crippen molar-refractivity contribution in [3.8, 4) is 0 Å². The zero-order valence-corrected chi connectivity index (χ0v) is 13.0. The lowest BCUT2D eigenvalue weighted by Gasteiger charge is -2.28. The molecule has 0 bridgehead atoms. The highest BCUT2D eigenvalue weighted by atomic mass is 16.5. The van der Waals surface area contributed by atoms with Gasteiger partial charge in [0.1, 0.15) is 0 Å². The number of aryl methyl sites for hydroxylation is 1. The summed E-state index contributed by atoms with van der Waals surface area (Å²) in [6.07, 6.45) is 3.10. The summed E-state index contributed by atoms with van der Waals surface area (Å²) in [5.41, 5.74) is 3.43. The summed E-state index contributed by atoms with van der Waals surface area (Å²) in [5, 5.41) is 10.2. The molecule has 4 nitrogen and oxygen atoms in total. The lowest BCUT2D eigenvalue weighted by Crippen LogP contribution is -2.24. The number of aliphatic hydroxyl groups is 1. The number of aliphatic hydroxyl groups excluding tert-OH is 1. The highest BCUT2D eigenvalue weighted by Crippen LogP contribution is 2.29. The Morgan fingerprint density at radius 3 is 3.05 bits per heavy atom. The van der Waals surface area contributed by atoms with Crippen LogP contribution in [0, 0.1) is 0 Å². The zero-order valence-electron chi connectivity index (χ0n) is 13.0. The van der Waals surface area contributed by atoms with Crippen molar-refractivity contribution in [1.29, 1.82) is 0 Å². The van der Waals surface area contributed by atoms with E-state index in [1.54, 1.807) is 0 Å². The van der Waals surface area contributed by atoms with Crippen LogP contribution in [0.1, 0.15) is 49.8 Å². The van der Waals surface area contributed by atoms with Gasteiger partial charge in [-0.2, -0.15) is 0 Å². The van der Waals surface area contributed by atoms with E-state index in [9.17, 15) is 9.90 Å². The number of rotatable bonds is 6. The molecule has 1 aromatic carbocycles. The first kappa shape index (κ1) is 15.8. The highest BCUT2D eigenvalue weighted by Gasteiger charge is 2.17. The van der Waals surface area contributed by atoms with Crippen LogP contribution in [-0.4, -0.2) is 31.3 Å². The maximum Gasteiger partial charge on any atom is 0.305 e. The number of anilines is 1. The fraction of sp³-hybridized carbons (Fsp3) is 0.588. The summed E-state index contributed by atoms with van der Waals surface area (Å²) >= 11 is 0. The SMILES string of the molecule is CCCOC(=O)CCC(O)c1ccc2c(c1)CCCN2C. The van der Waals surface area contributed by atoms with E-state index >= 15 is 0 Å². The van der Waals surface area contributed by atoms with Gasteiger partial charge in [0.15, 0.2) is 0 Å². The van der Waals surface area contributed by atoms with Crippen molar-refractivity contribution in [3.05, 3.63) is 29.3 Å². The fourth-order valence-electron chi connectivity index (χ4n) is 2.72. The van der Waals surface area contributed by atoms with Gasteiger partial charge in [0.25, 0.3) is 0 Å². The Morgan fingerprint density at radius 1 is 1.48 bits per heavy atom. The van der Waals surface area contributed by atoms with Gasteiger partial charge in [-0.15, -0.1) is 0 Å². The quantitative estimate of drug-likeness (QED) is 0.819. The summed E-state index contributed by atoms with van der Waals surface area (Å²) in [7, 11) is 2.10. The third kappa shape index (κ3) is 4.21. The van der Waals surface area contributed by atoms with Crippen LogP contribution < -0.4 is 4.90 Å². The van der Waals surface area contributed by atoms with Crippen LogP contribution in [0.2, 0.25) is 0 Å². The Labute approximate surface area is 126 Å². The molecule has 0 aromatic heterocycles. The topological polar surface area (TPSA) is 49.8 Å². The summed E-state index contributed by atoms with van der Waals surface area (Å²) in [6.45, 7) is 3.50. The minimum absolute atomic E-state index is 0.228. The molecular formula is C17H25NO3. The molecule has 1 atom stereocenters. The minimum atomic E-state index is -0.600. The second-order valence-electron chi connectivity index (χ2n) is 5.69. The molecule has 1 unspecified atom stereocenters. The number of ether oxygens (including phenoxy) is 1. The van der Waals surface area contributed by atoms with Gasteiger partial charge < -0.3 is 14.7 Å². The zero-order chi connectivity index (χ0) is 15.2. The number of carbonyl (C=O) groups excluding carboxylic acids is 1. The van der Waals surface area contributed by atoms with Crippen LogP contribution in [0.5, 0.6) is 0 Å². The van der Waals surface area contributed by atoms with Gasteiger partial charge in [-0.1, -0.05) is 19.1 Å². The van der Waals surface area contributed by atoms with Crippen LogP contribution in [0.25, 0.3) is 0 Å². The van der Waals surface area contributed by atoms with Crippen molar-refractivity contribution in [2.75, 3.05) is 25.1 Å². The van der Waals surface area contributed by atoms with Crippen LogP contribution in [0.15, 0.2) is 18.2 Å². The van der Waals surface area contributed by atoms with E-state index in [1.807, 2.05) is 13.0 Å². The van der Waals surface area contributed by atoms with Crippen LogP contribution in [0.3, 0.4) is 0 Å². The van der Waals surface area contributed by atoms with Crippen molar-refractivity contribution in [1.82, 2.24) is 0 Å². The normalized spacial score (nSPS) is 15.5. The molecule has 0 saturated heterocycles. The third-order valence-corrected chi connectivity index (χ3v) is 3.93. The molecule has 1 heterocycles. The molecule has 0 spiro atoms. The first-order chi connectivity index (χ1) is 10.1. The Balaban J connectivity index is 1.93. The van der Waals surface area contributed by atoms with Crippen molar-refractivity contribution < 1.29 is 14.6 Å². The summed E-state index contributed by atoms with van der Waals surface area (Å²) in [4.78, 5) is 13.7. The number of hydrogen-bond acceptors (Lipinski definition) is 4. The highest BCUT2D eigenvalue weighted by molar-refractivity contribution is 5.69. The summed E-state index contributed by atoms with van der Waals surface area (Å²) < 4.78 is 5.03. The number of nitrogens with zero attached hydrogens (tertiary/aromatic N) is 1. The maximum atomic E-state index is 11.5. The van der Waals surface area contributed by atoms with Crippen LogP contribution in [-0.2, 0) is 16.0 Å². The number of esters is 1. The number of fused-ring (bicyclic) bond motifs is 1. The average molecular weight is 291 g/mol. The molecule has 0 amide bonds. The smallest absolute Gasteiger partial charge is 0.305 e. The molecule has 0 aliphatic carbocycles. The van der Waals surface area contributed by atoms with Crippen molar-refractivity contribution in [2.45, 2.75) is 45.1 Å². The molecular weight excluding hydrogens is 266 g/mol. The van der Waals surface area contributed by atoms with Crippen LogP contribution in [0.4, 0.5) is 5.69 Å². The first-order valence-electron chi connectivity index (χ1n) is 7.79. The van der Waals surface area contributed by atoms with E-state index in [-0.39, 0.29) is 12.4 Å². The monoisotopic (exact) mass is 291 g/mol. The predicted octanol–water partition coefficient (Wildman–Crippen LogP) is 2.84. The first-order valence-corrected chi connectivity index (χ1v) is 7.79. The van der Waals surface area contributed by atoms with E-state index in [2.05, 4.69) is 24.1 Å². The second-order valence-corrected chi connectivity index (χ2v) is 5.69. The Kier molecular flexibility index (Phi) is 5.62. The molecule has 0 saturated carbocycles. The van der Waals surface area contributed by atoms with Gasteiger partial charge in [-0.05, 0) is 42.9 Å². The van der Waals surface area contributed by atoms with E-state index in [0.717, 1.165) is 31.4 Å². The molecule has 2 rings (SSSR count). The molecule has 1 N–H and O–H groups in total. The largest absolute Gasteiger partial charge is 0.466 e. The maximum absolute atomic E-state index is 11.5. The molecule has 4 heteroatoms. The second kappa shape index (κ2) is 7.46.